The molecule has 142 valence electrons. The highest BCUT2D eigenvalue weighted by Crippen LogP contribution is 2.14. The predicted molar refractivity (Wildman–Crippen MR) is 106 cm³/mol. The molecule has 0 radical (unpaired) electrons. The Bertz CT molecular complexity index is 709. The molecule has 1 heterocycles. The van der Waals surface area contributed by atoms with Crippen molar-refractivity contribution in [2.45, 2.75) is 53.6 Å². The van der Waals surface area contributed by atoms with Crippen molar-refractivity contribution in [3.8, 4) is 0 Å². The number of furan rings is 1. The van der Waals surface area contributed by atoms with Crippen molar-refractivity contribution in [1.29, 1.82) is 0 Å². The van der Waals surface area contributed by atoms with E-state index in [1.807, 2.05) is 37.3 Å². The Balaban J connectivity index is 1.81. The molecule has 0 unspecified atom stereocenters. The molecule has 26 heavy (non-hydrogen) atoms. The Morgan fingerprint density at radius 3 is 2.54 bits per heavy atom. The van der Waals surface area contributed by atoms with Crippen LogP contribution in [0.3, 0.4) is 0 Å². The number of hydrogen-bond acceptors (Lipinski definition) is 3. The molecular formula is C21H31N3O2. The van der Waals surface area contributed by atoms with Crippen LogP contribution in [0.2, 0.25) is 0 Å². The average molecular weight is 357 g/mol. The minimum Gasteiger partial charge on any atom is -0.463 e. The van der Waals surface area contributed by atoms with Crippen LogP contribution < -0.4 is 10.6 Å². The molecule has 0 aliphatic carbocycles. The van der Waals surface area contributed by atoms with E-state index in [9.17, 15) is 4.79 Å². The number of carbonyl (C=O) groups excluding carboxylic acids is 1. The first-order valence-corrected chi connectivity index (χ1v) is 9.43. The highest BCUT2D eigenvalue weighted by Gasteiger charge is 2.09. The molecule has 0 fully saturated rings. The van der Waals surface area contributed by atoms with E-state index in [4.69, 9.17) is 4.42 Å². The summed E-state index contributed by atoms with van der Waals surface area (Å²) in [5.74, 6) is 1.70. The van der Waals surface area contributed by atoms with Gasteiger partial charge in [-0.15, -0.1) is 0 Å². The largest absolute Gasteiger partial charge is 0.463 e. The molecule has 0 aliphatic rings. The summed E-state index contributed by atoms with van der Waals surface area (Å²) in [5, 5.41) is 5.69. The fraction of sp³-hybridized carbons (Fsp3) is 0.476. The predicted octanol–water partition coefficient (Wildman–Crippen LogP) is 4.84. The van der Waals surface area contributed by atoms with Crippen molar-refractivity contribution in [2.24, 2.45) is 0 Å². The molecule has 0 bridgehead atoms. The molecule has 2 aromatic rings. The maximum Gasteiger partial charge on any atom is 0.319 e. The second-order valence-electron chi connectivity index (χ2n) is 6.70. The number of urea groups is 1. The van der Waals surface area contributed by atoms with Gasteiger partial charge in [0.1, 0.15) is 11.5 Å². The van der Waals surface area contributed by atoms with Gasteiger partial charge in [0.25, 0.3) is 0 Å². The molecule has 5 nitrogen and oxygen atoms in total. The van der Waals surface area contributed by atoms with Gasteiger partial charge < -0.3 is 15.1 Å². The second kappa shape index (κ2) is 10.0. The lowest BCUT2D eigenvalue weighted by atomic mass is 10.1. The number of rotatable bonds is 9. The third kappa shape index (κ3) is 6.23. The number of aryl methyl sites for hydroxylation is 2. The normalized spacial score (nSPS) is 11.0. The zero-order valence-corrected chi connectivity index (χ0v) is 16.4. The Hall–Kier alpha value is -2.27. The van der Waals surface area contributed by atoms with Gasteiger partial charge in [0.15, 0.2) is 0 Å². The molecule has 1 aromatic carbocycles. The third-order valence-electron chi connectivity index (χ3n) is 4.56. The van der Waals surface area contributed by atoms with Gasteiger partial charge in [0.2, 0.25) is 0 Å². The number of anilines is 1. The molecule has 0 spiro atoms. The molecule has 0 saturated heterocycles. The molecule has 0 saturated carbocycles. The number of benzene rings is 1. The summed E-state index contributed by atoms with van der Waals surface area (Å²) in [6.07, 6.45) is 2.39. The van der Waals surface area contributed by atoms with Crippen molar-refractivity contribution in [3.63, 3.8) is 0 Å². The molecule has 0 aliphatic heterocycles. The third-order valence-corrected chi connectivity index (χ3v) is 4.56. The topological polar surface area (TPSA) is 57.5 Å². The first kappa shape index (κ1) is 20.0. The summed E-state index contributed by atoms with van der Waals surface area (Å²) < 4.78 is 5.85. The Morgan fingerprint density at radius 1 is 1.08 bits per heavy atom. The number of carbonyl (C=O) groups is 1. The lowest BCUT2D eigenvalue weighted by Crippen LogP contribution is -2.28. The Kier molecular flexibility index (Phi) is 7.73. The zero-order valence-electron chi connectivity index (χ0n) is 16.4. The van der Waals surface area contributed by atoms with E-state index in [2.05, 4.69) is 36.3 Å². The van der Waals surface area contributed by atoms with Gasteiger partial charge >= 0.3 is 6.03 Å². The molecular weight excluding hydrogens is 326 g/mol. The van der Waals surface area contributed by atoms with Crippen LogP contribution in [0, 0.1) is 13.8 Å². The van der Waals surface area contributed by atoms with E-state index in [1.54, 1.807) is 0 Å². The van der Waals surface area contributed by atoms with Crippen LogP contribution in [0.4, 0.5) is 10.5 Å². The van der Waals surface area contributed by atoms with Crippen LogP contribution in [0.25, 0.3) is 0 Å². The summed E-state index contributed by atoms with van der Waals surface area (Å²) in [6, 6.07) is 9.57. The number of nitrogens with one attached hydrogen (secondary N) is 2. The lowest BCUT2D eigenvalue weighted by molar-refractivity contribution is 0.245. The van der Waals surface area contributed by atoms with Gasteiger partial charge in [-0.25, -0.2) is 4.79 Å². The van der Waals surface area contributed by atoms with Crippen molar-refractivity contribution >= 4 is 11.7 Å². The average Bonchev–Trinajstić information content (AvgIpc) is 3.07. The standard InChI is InChI=1S/C21H31N3O2/c1-5-7-12-24(6-2)15-20-11-10-19(26-20)14-22-21(25)23-18-9-8-16(3)17(4)13-18/h8-11,13H,5-7,12,14-15H2,1-4H3,(H2,22,23,25). The van der Waals surface area contributed by atoms with Crippen LogP contribution in [-0.2, 0) is 13.1 Å². The Morgan fingerprint density at radius 2 is 1.85 bits per heavy atom. The fourth-order valence-electron chi connectivity index (χ4n) is 2.72. The van der Waals surface area contributed by atoms with Crippen molar-refractivity contribution in [1.82, 2.24) is 10.2 Å². The minimum atomic E-state index is -0.232. The molecule has 2 rings (SSSR count). The Labute approximate surface area is 156 Å². The molecule has 2 amide bonds. The summed E-state index contributed by atoms with van der Waals surface area (Å²) >= 11 is 0. The van der Waals surface area contributed by atoms with Gasteiger partial charge in [-0.2, -0.15) is 0 Å². The van der Waals surface area contributed by atoms with E-state index < -0.39 is 0 Å². The number of hydrogen-bond donors (Lipinski definition) is 2. The van der Waals surface area contributed by atoms with Crippen LogP contribution >= 0.6 is 0 Å². The summed E-state index contributed by atoms with van der Waals surface area (Å²) in [7, 11) is 0. The van der Waals surface area contributed by atoms with E-state index in [0.29, 0.717) is 6.54 Å². The SMILES string of the molecule is CCCCN(CC)Cc1ccc(CNC(=O)Nc2ccc(C)c(C)c2)o1. The van der Waals surface area contributed by atoms with Crippen molar-refractivity contribution in [3.05, 3.63) is 53.0 Å². The zero-order chi connectivity index (χ0) is 18.9. The maximum atomic E-state index is 12.1. The smallest absolute Gasteiger partial charge is 0.319 e. The highest BCUT2D eigenvalue weighted by atomic mass is 16.3. The molecule has 5 heteroatoms. The van der Waals surface area contributed by atoms with Crippen molar-refractivity contribution in [2.75, 3.05) is 18.4 Å². The van der Waals surface area contributed by atoms with Gasteiger partial charge in [-0.3, -0.25) is 4.90 Å². The number of amides is 2. The van der Waals surface area contributed by atoms with Crippen LogP contribution in [0.1, 0.15) is 49.3 Å². The van der Waals surface area contributed by atoms with Crippen LogP contribution in [0.5, 0.6) is 0 Å². The number of nitrogens with zero attached hydrogens (tertiary/aromatic N) is 1. The second-order valence-corrected chi connectivity index (χ2v) is 6.70. The van der Waals surface area contributed by atoms with Gasteiger partial charge in [0.05, 0.1) is 13.1 Å². The van der Waals surface area contributed by atoms with E-state index in [-0.39, 0.29) is 6.03 Å². The molecule has 2 N–H and O–H groups in total. The van der Waals surface area contributed by atoms with E-state index >= 15 is 0 Å². The molecule has 1 aromatic heterocycles. The summed E-state index contributed by atoms with van der Waals surface area (Å²) in [5.41, 5.74) is 3.15. The first-order chi connectivity index (χ1) is 12.5. The highest BCUT2D eigenvalue weighted by molar-refractivity contribution is 5.89. The summed E-state index contributed by atoms with van der Waals surface area (Å²) in [4.78, 5) is 14.4. The van der Waals surface area contributed by atoms with Crippen LogP contribution in [-0.4, -0.2) is 24.0 Å². The quantitative estimate of drug-likeness (QED) is 0.675. The minimum absolute atomic E-state index is 0.232. The van der Waals surface area contributed by atoms with E-state index in [1.165, 1.54) is 18.4 Å². The van der Waals surface area contributed by atoms with Gasteiger partial charge in [0, 0.05) is 5.69 Å². The first-order valence-electron chi connectivity index (χ1n) is 9.43. The lowest BCUT2D eigenvalue weighted by Gasteiger charge is -2.18. The van der Waals surface area contributed by atoms with Gasteiger partial charge in [-0.05, 0) is 68.8 Å². The molecule has 0 atom stereocenters. The monoisotopic (exact) mass is 357 g/mol. The fourth-order valence-corrected chi connectivity index (χ4v) is 2.72. The van der Waals surface area contributed by atoms with Crippen LogP contribution in [0.15, 0.2) is 34.7 Å². The van der Waals surface area contributed by atoms with Crippen molar-refractivity contribution < 1.29 is 9.21 Å². The number of unbranched alkanes of at least 4 members (excludes halogenated alkanes) is 1. The maximum absolute atomic E-state index is 12.1. The van der Waals surface area contributed by atoms with E-state index in [0.717, 1.165) is 42.4 Å². The van der Waals surface area contributed by atoms with Gasteiger partial charge in [-0.1, -0.05) is 26.3 Å². The summed E-state index contributed by atoms with van der Waals surface area (Å²) in [6.45, 7) is 11.7.